The summed E-state index contributed by atoms with van der Waals surface area (Å²) in [5.41, 5.74) is -0.254. The van der Waals surface area contributed by atoms with Crippen molar-refractivity contribution in [2.75, 3.05) is 7.11 Å². The zero-order chi connectivity index (χ0) is 18.7. The van der Waals surface area contributed by atoms with Crippen LogP contribution in [-0.2, 0) is 6.18 Å². The second-order valence-corrected chi connectivity index (χ2v) is 5.58. The normalized spacial score (nSPS) is 11.8. The predicted molar refractivity (Wildman–Crippen MR) is 93.8 cm³/mol. The third-order valence-electron chi connectivity index (χ3n) is 3.58. The quantitative estimate of drug-likeness (QED) is 0.537. The molecular weight excluding hydrogens is 365 g/mol. The smallest absolute Gasteiger partial charge is 0.417 e. The van der Waals surface area contributed by atoms with E-state index in [0.29, 0.717) is 17.1 Å². The summed E-state index contributed by atoms with van der Waals surface area (Å²) in [6.45, 7) is 0. The van der Waals surface area contributed by atoms with E-state index in [1.54, 1.807) is 24.3 Å². The number of aromatic amines is 1. The Bertz CT molecular complexity index is 1010. The molecule has 0 fully saturated rings. The van der Waals surface area contributed by atoms with Crippen LogP contribution in [0.25, 0.3) is 11.4 Å². The van der Waals surface area contributed by atoms with Crippen LogP contribution in [0.4, 0.5) is 13.2 Å². The van der Waals surface area contributed by atoms with Gasteiger partial charge in [0.2, 0.25) is 4.77 Å². The molecule has 0 aliphatic carbocycles. The highest BCUT2D eigenvalue weighted by atomic mass is 32.1. The zero-order valence-electron chi connectivity index (χ0n) is 13.5. The minimum absolute atomic E-state index is 0.0749. The molecule has 1 heterocycles. The average Bonchev–Trinajstić information content (AvgIpc) is 2.99. The number of hydrogen-bond donors (Lipinski definition) is 1. The molecule has 0 aliphatic heterocycles. The number of H-pyrrole nitrogens is 1. The monoisotopic (exact) mass is 378 g/mol. The molecule has 0 bridgehead atoms. The van der Waals surface area contributed by atoms with Crippen molar-refractivity contribution in [3.05, 3.63) is 64.4 Å². The maximum Gasteiger partial charge on any atom is 0.417 e. The zero-order valence-corrected chi connectivity index (χ0v) is 14.3. The van der Waals surface area contributed by atoms with Gasteiger partial charge in [0.1, 0.15) is 5.75 Å². The molecule has 9 heteroatoms. The SMILES string of the molecule is COc1ccccc1-c1n[nH]c(=S)n1/N=C\c1ccccc1C(F)(F)F. The van der Waals surface area contributed by atoms with Crippen LogP contribution in [0.2, 0.25) is 0 Å². The second kappa shape index (κ2) is 7.12. The number of nitrogens with zero attached hydrogens (tertiary/aromatic N) is 3. The van der Waals surface area contributed by atoms with Crippen LogP contribution in [0.15, 0.2) is 53.6 Å². The van der Waals surface area contributed by atoms with E-state index in [9.17, 15) is 13.2 Å². The lowest BCUT2D eigenvalue weighted by Gasteiger charge is -2.09. The standard InChI is InChI=1S/C17H13F3N4OS/c1-25-14-9-5-3-7-12(14)15-22-23-16(26)24(15)21-10-11-6-2-4-8-13(11)17(18,19)20/h2-10H,1H3,(H,23,26)/b21-10-. The summed E-state index contributed by atoms with van der Waals surface area (Å²) in [6, 6.07) is 12.2. The van der Waals surface area contributed by atoms with E-state index in [0.717, 1.165) is 12.3 Å². The Morgan fingerprint density at radius 2 is 1.85 bits per heavy atom. The summed E-state index contributed by atoms with van der Waals surface area (Å²) < 4.78 is 46.0. The summed E-state index contributed by atoms with van der Waals surface area (Å²) in [6.07, 6.45) is -3.38. The van der Waals surface area contributed by atoms with Crippen molar-refractivity contribution < 1.29 is 17.9 Å². The number of rotatable bonds is 4. The van der Waals surface area contributed by atoms with E-state index in [4.69, 9.17) is 17.0 Å². The molecule has 0 atom stereocenters. The number of hydrogen-bond acceptors (Lipinski definition) is 4. The van der Waals surface area contributed by atoms with Crippen molar-refractivity contribution in [2.24, 2.45) is 5.10 Å². The molecule has 1 N–H and O–H groups in total. The van der Waals surface area contributed by atoms with Gasteiger partial charge in [-0.15, -0.1) is 0 Å². The van der Waals surface area contributed by atoms with Gasteiger partial charge in [0.15, 0.2) is 5.82 Å². The first-order valence-corrected chi connectivity index (χ1v) is 7.84. The fourth-order valence-corrected chi connectivity index (χ4v) is 2.57. The molecule has 2 aromatic carbocycles. The van der Waals surface area contributed by atoms with Gasteiger partial charge >= 0.3 is 6.18 Å². The first-order valence-electron chi connectivity index (χ1n) is 7.43. The van der Waals surface area contributed by atoms with E-state index in [1.807, 2.05) is 0 Å². The molecule has 26 heavy (non-hydrogen) atoms. The molecule has 1 aromatic heterocycles. The fourth-order valence-electron chi connectivity index (χ4n) is 2.39. The minimum atomic E-state index is -4.48. The van der Waals surface area contributed by atoms with Crippen molar-refractivity contribution in [3.63, 3.8) is 0 Å². The summed E-state index contributed by atoms with van der Waals surface area (Å²) in [5.74, 6) is 0.863. The molecule has 0 radical (unpaired) electrons. The van der Waals surface area contributed by atoms with Crippen LogP contribution in [0, 0.1) is 4.77 Å². The van der Waals surface area contributed by atoms with Gasteiger partial charge in [0, 0.05) is 5.56 Å². The van der Waals surface area contributed by atoms with Crippen LogP contribution >= 0.6 is 12.2 Å². The number of para-hydroxylation sites is 1. The third-order valence-corrected chi connectivity index (χ3v) is 3.84. The Morgan fingerprint density at radius 3 is 2.58 bits per heavy atom. The van der Waals surface area contributed by atoms with Gasteiger partial charge in [-0.25, -0.2) is 5.10 Å². The van der Waals surface area contributed by atoms with Crippen molar-refractivity contribution in [3.8, 4) is 17.1 Å². The van der Waals surface area contributed by atoms with Crippen molar-refractivity contribution >= 4 is 18.4 Å². The van der Waals surface area contributed by atoms with Crippen molar-refractivity contribution in [1.29, 1.82) is 0 Å². The van der Waals surface area contributed by atoms with Gasteiger partial charge < -0.3 is 4.74 Å². The van der Waals surface area contributed by atoms with E-state index in [-0.39, 0.29) is 10.3 Å². The van der Waals surface area contributed by atoms with Crippen LogP contribution in [0.5, 0.6) is 5.75 Å². The first kappa shape index (κ1) is 17.9. The topological polar surface area (TPSA) is 55.2 Å². The van der Waals surface area contributed by atoms with Crippen LogP contribution < -0.4 is 4.74 Å². The minimum Gasteiger partial charge on any atom is -0.496 e. The average molecular weight is 378 g/mol. The van der Waals surface area contributed by atoms with Crippen LogP contribution in [0.1, 0.15) is 11.1 Å². The molecule has 3 aromatic rings. The highest BCUT2D eigenvalue weighted by Gasteiger charge is 2.32. The summed E-state index contributed by atoms with van der Waals surface area (Å²) in [7, 11) is 1.51. The van der Waals surface area contributed by atoms with E-state index in [2.05, 4.69) is 15.3 Å². The largest absolute Gasteiger partial charge is 0.496 e. The molecule has 0 saturated carbocycles. The summed E-state index contributed by atoms with van der Waals surface area (Å²) >= 11 is 5.14. The first-order chi connectivity index (χ1) is 12.4. The van der Waals surface area contributed by atoms with Gasteiger partial charge in [-0.2, -0.15) is 28.0 Å². The van der Waals surface area contributed by atoms with Gasteiger partial charge in [0.25, 0.3) is 0 Å². The lowest BCUT2D eigenvalue weighted by atomic mass is 10.1. The lowest BCUT2D eigenvalue weighted by molar-refractivity contribution is -0.137. The number of nitrogens with one attached hydrogen (secondary N) is 1. The number of methoxy groups -OCH3 is 1. The number of benzene rings is 2. The molecule has 5 nitrogen and oxygen atoms in total. The van der Waals surface area contributed by atoms with E-state index in [1.165, 1.54) is 30.0 Å². The van der Waals surface area contributed by atoms with E-state index >= 15 is 0 Å². The maximum atomic E-state index is 13.1. The molecule has 0 aliphatic rings. The van der Waals surface area contributed by atoms with E-state index < -0.39 is 11.7 Å². The number of alkyl halides is 3. The number of halogens is 3. The second-order valence-electron chi connectivity index (χ2n) is 5.19. The Kier molecular flexibility index (Phi) is 4.90. The van der Waals surface area contributed by atoms with Crippen molar-refractivity contribution in [1.82, 2.24) is 14.9 Å². The van der Waals surface area contributed by atoms with Crippen molar-refractivity contribution in [2.45, 2.75) is 6.18 Å². The molecule has 3 rings (SSSR count). The highest BCUT2D eigenvalue weighted by molar-refractivity contribution is 7.71. The third kappa shape index (κ3) is 3.52. The molecule has 134 valence electrons. The molecule has 0 unspecified atom stereocenters. The Morgan fingerprint density at radius 1 is 1.15 bits per heavy atom. The number of aromatic nitrogens is 3. The maximum absolute atomic E-state index is 13.1. The van der Waals surface area contributed by atoms with Crippen LogP contribution in [0.3, 0.4) is 0 Å². The summed E-state index contributed by atoms with van der Waals surface area (Å²) in [4.78, 5) is 0. The van der Waals surface area contributed by atoms with Crippen LogP contribution in [-0.4, -0.2) is 28.2 Å². The molecular formula is C17H13F3N4OS. The Labute approximate surface area is 151 Å². The molecule has 0 amide bonds. The summed E-state index contributed by atoms with van der Waals surface area (Å²) in [5, 5.41) is 10.8. The van der Waals surface area contributed by atoms with Gasteiger partial charge in [-0.1, -0.05) is 30.3 Å². The van der Waals surface area contributed by atoms with Gasteiger partial charge in [-0.05, 0) is 30.4 Å². The van der Waals surface area contributed by atoms with Gasteiger partial charge in [-0.3, -0.25) is 0 Å². The molecule has 0 spiro atoms. The highest BCUT2D eigenvalue weighted by Crippen LogP contribution is 2.31. The number of ether oxygens (including phenoxy) is 1. The predicted octanol–water partition coefficient (Wildman–Crippen LogP) is 4.52. The lowest BCUT2D eigenvalue weighted by Crippen LogP contribution is -2.09. The van der Waals surface area contributed by atoms with Gasteiger partial charge in [0.05, 0.1) is 24.5 Å². The fraction of sp³-hybridized carbons (Fsp3) is 0.118. The Balaban J connectivity index is 2.07. The Hall–Kier alpha value is -2.94. The molecule has 0 saturated heterocycles.